The van der Waals surface area contributed by atoms with Crippen LogP contribution in [-0.4, -0.2) is 74.3 Å². The van der Waals surface area contributed by atoms with Gasteiger partial charge in [-0.25, -0.2) is 8.42 Å². The second-order valence-electron chi connectivity index (χ2n) is 6.52. The lowest BCUT2D eigenvalue weighted by Gasteiger charge is -2.39. The van der Waals surface area contributed by atoms with E-state index in [0.29, 0.717) is 42.4 Å². The van der Waals surface area contributed by atoms with Crippen LogP contribution in [0.1, 0.15) is 34.6 Å². The van der Waals surface area contributed by atoms with Crippen LogP contribution in [0.2, 0.25) is 0 Å². The molecule has 0 spiro atoms. The third kappa shape index (κ3) is 3.15. The number of piperidine rings is 1. The zero-order valence-electron chi connectivity index (χ0n) is 14.2. The number of nitrogens with one attached hydrogen (secondary N) is 1. The average molecular weight is 355 g/mol. The molecule has 2 aliphatic heterocycles. The number of morpholine rings is 1. The number of carbonyl (C=O) groups is 1. The second kappa shape index (κ2) is 6.95. The number of carbonyl (C=O) groups excluding carboxylic acids is 1. The van der Waals surface area contributed by atoms with Crippen molar-refractivity contribution in [2.45, 2.75) is 37.6 Å². The van der Waals surface area contributed by atoms with Crippen LogP contribution in [0.15, 0.2) is 4.90 Å². The summed E-state index contributed by atoms with van der Waals surface area (Å²) in [5.41, 5.74) is 1.39. The summed E-state index contributed by atoms with van der Waals surface area (Å²) in [5.74, 6) is 0. The molecule has 3 heterocycles. The van der Waals surface area contributed by atoms with Gasteiger partial charge in [0.05, 0.1) is 18.9 Å². The summed E-state index contributed by atoms with van der Waals surface area (Å²) >= 11 is 0. The van der Waals surface area contributed by atoms with Crippen LogP contribution in [0.3, 0.4) is 0 Å². The molecular weight excluding hydrogens is 330 g/mol. The fourth-order valence-electron chi connectivity index (χ4n) is 3.78. The number of sulfonamides is 1. The van der Waals surface area contributed by atoms with E-state index in [-0.39, 0.29) is 4.90 Å². The quantitative estimate of drug-likeness (QED) is 0.813. The van der Waals surface area contributed by atoms with Gasteiger partial charge in [-0.15, -0.1) is 0 Å². The fourth-order valence-corrected chi connectivity index (χ4v) is 5.66. The minimum atomic E-state index is -3.57. The Kier molecular flexibility index (Phi) is 5.10. The van der Waals surface area contributed by atoms with Crippen molar-refractivity contribution in [3.63, 3.8) is 0 Å². The van der Waals surface area contributed by atoms with Gasteiger partial charge in [0.2, 0.25) is 10.0 Å². The summed E-state index contributed by atoms with van der Waals surface area (Å²) in [4.78, 5) is 16.6. The Morgan fingerprint density at radius 2 is 1.75 bits per heavy atom. The first-order valence-corrected chi connectivity index (χ1v) is 9.85. The van der Waals surface area contributed by atoms with Gasteiger partial charge < -0.3 is 9.72 Å². The van der Waals surface area contributed by atoms with Crippen molar-refractivity contribution < 1.29 is 17.9 Å². The van der Waals surface area contributed by atoms with Gasteiger partial charge in [-0.1, -0.05) is 0 Å². The van der Waals surface area contributed by atoms with Crippen molar-refractivity contribution >= 4 is 16.3 Å². The first-order chi connectivity index (χ1) is 11.4. The molecule has 1 aromatic rings. The topological polar surface area (TPSA) is 82.7 Å². The minimum Gasteiger partial charge on any atom is -0.379 e. The average Bonchev–Trinajstić information content (AvgIpc) is 2.90. The zero-order chi connectivity index (χ0) is 17.3. The summed E-state index contributed by atoms with van der Waals surface area (Å²) in [6.45, 7) is 7.79. The summed E-state index contributed by atoms with van der Waals surface area (Å²) in [7, 11) is -3.57. The van der Waals surface area contributed by atoms with Crippen LogP contribution >= 0.6 is 0 Å². The highest BCUT2D eigenvalue weighted by Gasteiger charge is 2.34. The van der Waals surface area contributed by atoms with Gasteiger partial charge in [0.25, 0.3) is 0 Å². The van der Waals surface area contributed by atoms with Crippen molar-refractivity contribution in [2.75, 3.05) is 39.4 Å². The largest absolute Gasteiger partial charge is 0.379 e. The summed E-state index contributed by atoms with van der Waals surface area (Å²) in [5, 5.41) is 0. The molecule has 0 amide bonds. The van der Waals surface area contributed by atoms with Gasteiger partial charge in [-0.3, -0.25) is 9.69 Å². The Bertz CT molecular complexity index is 699. The number of aryl methyl sites for hydroxylation is 1. The van der Waals surface area contributed by atoms with E-state index in [0.717, 1.165) is 39.1 Å². The van der Waals surface area contributed by atoms with Crippen molar-refractivity contribution in [3.8, 4) is 0 Å². The molecular formula is C16H25N3O4S. The predicted molar refractivity (Wildman–Crippen MR) is 89.8 cm³/mol. The number of rotatable bonds is 4. The van der Waals surface area contributed by atoms with E-state index < -0.39 is 10.0 Å². The van der Waals surface area contributed by atoms with Crippen LogP contribution in [0.4, 0.5) is 0 Å². The molecule has 8 heteroatoms. The van der Waals surface area contributed by atoms with Gasteiger partial charge in [-0.05, 0) is 32.3 Å². The molecule has 1 N–H and O–H groups in total. The summed E-state index contributed by atoms with van der Waals surface area (Å²) in [6.07, 6.45) is 2.34. The van der Waals surface area contributed by atoms with E-state index in [9.17, 15) is 13.2 Å². The summed E-state index contributed by atoms with van der Waals surface area (Å²) < 4.78 is 32.9. The number of hydrogen-bond donors (Lipinski definition) is 1. The molecule has 0 saturated carbocycles. The predicted octanol–water partition coefficient (Wildman–Crippen LogP) is 0.929. The van der Waals surface area contributed by atoms with Gasteiger partial charge in [-0.2, -0.15) is 4.31 Å². The number of ether oxygens (including phenoxy) is 1. The molecule has 2 aliphatic rings. The lowest BCUT2D eigenvalue weighted by atomic mass is 10.0. The fraction of sp³-hybridized carbons (Fsp3) is 0.688. The van der Waals surface area contributed by atoms with Crippen molar-refractivity contribution in [3.05, 3.63) is 17.0 Å². The molecule has 0 aliphatic carbocycles. The maximum atomic E-state index is 13.0. The molecule has 0 bridgehead atoms. The lowest BCUT2D eigenvalue weighted by molar-refractivity contribution is 0.00609. The molecule has 0 radical (unpaired) electrons. The van der Waals surface area contributed by atoms with E-state index in [1.807, 2.05) is 0 Å². The van der Waals surface area contributed by atoms with Gasteiger partial charge in [0.15, 0.2) is 6.29 Å². The first-order valence-electron chi connectivity index (χ1n) is 8.41. The highest BCUT2D eigenvalue weighted by Crippen LogP contribution is 2.28. The number of aldehydes is 1. The number of hydrogen-bond acceptors (Lipinski definition) is 5. The normalized spacial score (nSPS) is 21.9. The van der Waals surface area contributed by atoms with E-state index in [1.165, 1.54) is 0 Å². The number of H-pyrrole nitrogens is 1. The Labute approximate surface area is 143 Å². The van der Waals surface area contributed by atoms with Gasteiger partial charge in [0.1, 0.15) is 4.90 Å². The van der Waals surface area contributed by atoms with Crippen molar-refractivity contribution in [1.82, 2.24) is 14.2 Å². The minimum absolute atomic E-state index is 0.259. The highest BCUT2D eigenvalue weighted by molar-refractivity contribution is 7.89. The van der Waals surface area contributed by atoms with Gasteiger partial charge >= 0.3 is 0 Å². The summed E-state index contributed by atoms with van der Waals surface area (Å²) in [6, 6.07) is 0.430. The molecule has 1 aromatic heterocycles. The third-order valence-corrected chi connectivity index (χ3v) is 7.28. The van der Waals surface area contributed by atoms with Crippen LogP contribution in [0, 0.1) is 13.8 Å². The third-order valence-electron chi connectivity index (χ3n) is 5.11. The van der Waals surface area contributed by atoms with E-state index in [2.05, 4.69) is 9.88 Å². The van der Waals surface area contributed by atoms with E-state index in [1.54, 1.807) is 18.2 Å². The molecule has 2 saturated heterocycles. The Hall–Kier alpha value is -1.22. The van der Waals surface area contributed by atoms with Crippen LogP contribution < -0.4 is 0 Å². The van der Waals surface area contributed by atoms with Crippen LogP contribution in [-0.2, 0) is 14.8 Å². The van der Waals surface area contributed by atoms with E-state index in [4.69, 9.17) is 4.74 Å². The SMILES string of the molecule is Cc1[nH]c(C=O)c(C)c1S(=O)(=O)N1CCC(N2CCOCC2)CC1. The van der Waals surface area contributed by atoms with Crippen molar-refractivity contribution in [1.29, 1.82) is 0 Å². The highest BCUT2D eigenvalue weighted by atomic mass is 32.2. The Morgan fingerprint density at radius 1 is 1.12 bits per heavy atom. The standard InChI is InChI=1S/C16H25N3O4S/c1-12-15(11-20)17-13(2)16(12)24(21,22)19-5-3-14(4-6-19)18-7-9-23-10-8-18/h11,14,17H,3-10H2,1-2H3. The molecule has 7 nitrogen and oxygen atoms in total. The lowest BCUT2D eigenvalue weighted by Crippen LogP contribution is -2.50. The van der Waals surface area contributed by atoms with E-state index >= 15 is 0 Å². The maximum absolute atomic E-state index is 13.0. The molecule has 0 unspecified atom stereocenters. The molecule has 3 rings (SSSR count). The number of aromatic amines is 1. The maximum Gasteiger partial charge on any atom is 0.245 e. The van der Waals surface area contributed by atoms with Crippen LogP contribution in [0.5, 0.6) is 0 Å². The van der Waals surface area contributed by atoms with Crippen molar-refractivity contribution in [2.24, 2.45) is 0 Å². The van der Waals surface area contributed by atoms with Gasteiger partial charge in [0, 0.05) is 37.9 Å². The first kappa shape index (κ1) is 17.6. The zero-order valence-corrected chi connectivity index (χ0v) is 15.1. The number of nitrogens with zero attached hydrogens (tertiary/aromatic N) is 2. The molecule has 24 heavy (non-hydrogen) atoms. The molecule has 2 fully saturated rings. The molecule has 134 valence electrons. The van der Waals surface area contributed by atoms with Crippen LogP contribution in [0.25, 0.3) is 0 Å². The molecule has 0 atom stereocenters. The smallest absolute Gasteiger partial charge is 0.245 e. The monoisotopic (exact) mass is 355 g/mol. The number of aromatic nitrogens is 1. The Balaban J connectivity index is 1.73. The molecule has 0 aromatic carbocycles. The second-order valence-corrected chi connectivity index (χ2v) is 8.39. The Morgan fingerprint density at radius 3 is 2.29 bits per heavy atom.